The molecule has 0 radical (unpaired) electrons. The highest BCUT2D eigenvalue weighted by atomic mass is 35.5. The van der Waals surface area contributed by atoms with Gasteiger partial charge in [0.15, 0.2) is 11.1 Å². The second-order valence-corrected chi connectivity index (χ2v) is 7.64. The summed E-state index contributed by atoms with van der Waals surface area (Å²) in [6.45, 7) is 5.58. The number of pyridine rings is 1. The number of rotatable bonds is 4. The van der Waals surface area contributed by atoms with Gasteiger partial charge in [-0.15, -0.1) is 0 Å². The molecule has 3 heterocycles. The summed E-state index contributed by atoms with van der Waals surface area (Å²) in [6, 6.07) is 8.85. The Bertz CT molecular complexity index is 1390. The molecule has 31 heavy (non-hydrogen) atoms. The monoisotopic (exact) mass is 431 g/mol. The van der Waals surface area contributed by atoms with Gasteiger partial charge >= 0.3 is 0 Å². The molecule has 1 atom stereocenters. The Hall–Kier alpha value is -3.76. The molecule has 0 spiro atoms. The summed E-state index contributed by atoms with van der Waals surface area (Å²) in [7, 11) is 0. The lowest BCUT2D eigenvalue weighted by Gasteiger charge is -2.19. The van der Waals surface area contributed by atoms with Gasteiger partial charge in [0.2, 0.25) is 0 Å². The highest BCUT2D eigenvalue weighted by molar-refractivity contribution is 6.29. The molecule has 7 nitrogen and oxygen atoms in total. The number of hydrogen-bond acceptors (Lipinski definition) is 7. The van der Waals surface area contributed by atoms with Crippen molar-refractivity contribution >= 4 is 28.3 Å². The van der Waals surface area contributed by atoms with Crippen LogP contribution in [0, 0.1) is 25.2 Å². The molecule has 0 amide bonds. The summed E-state index contributed by atoms with van der Waals surface area (Å²) in [6.07, 6.45) is 4.64. The molecule has 0 aliphatic rings. The maximum absolute atomic E-state index is 13.2. The van der Waals surface area contributed by atoms with Crippen molar-refractivity contribution in [1.82, 2.24) is 15.0 Å². The first kappa shape index (κ1) is 20.5. The van der Waals surface area contributed by atoms with E-state index in [2.05, 4.69) is 20.3 Å². The first-order chi connectivity index (χ1) is 14.9. The fourth-order valence-electron chi connectivity index (χ4n) is 3.53. The number of hydrogen-bond donors (Lipinski definition) is 1. The van der Waals surface area contributed by atoms with Gasteiger partial charge in [-0.3, -0.25) is 4.79 Å². The van der Waals surface area contributed by atoms with Crippen LogP contribution in [-0.2, 0) is 0 Å². The van der Waals surface area contributed by atoms with Crippen LogP contribution >= 0.6 is 11.6 Å². The molecule has 1 N–H and O–H groups in total. The van der Waals surface area contributed by atoms with Crippen LogP contribution in [0.5, 0.6) is 0 Å². The van der Waals surface area contributed by atoms with Crippen molar-refractivity contribution in [3.05, 3.63) is 80.7 Å². The molecule has 0 aliphatic carbocycles. The third-order valence-corrected chi connectivity index (χ3v) is 5.23. The van der Waals surface area contributed by atoms with Gasteiger partial charge in [-0.1, -0.05) is 17.7 Å². The minimum atomic E-state index is -0.289. The molecule has 4 rings (SSSR count). The van der Waals surface area contributed by atoms with Crippen molar-refractivity contribution in [3.8, 4) is 17.4 Å². The van der Waals surface area contributed by atoms with E-state index in [4.69, 9.17) is 16.0 Å². The van der Waals surface area contributed by atoms with E-state index >= 15 is 0 Å². The summed E-state index contributed by atoms with van der Waals surface area (Å²) < 4.78 is 6.26. The van der Waals surface area contributed by atoms with Gasteiger partial charge < -0.3 is 9.73 Å². The van der Waals surface area contributed by atoms with E-state index in [1.54, 1.807) is 31.5 Å². The fourth-order valence-corrected chi connectivity index (χ4v) is 3.68. The minimum Gasteiger partial charge on any atom is -0.455 e. The first-order valence-electron chi connectivity index (χ1n) is 9.55. The molecule has 4 aromatic rings. The van der Waals surface area contributed by atoms with E-state index in [1.807, 2.05) is 32.0 Å². The summed E-state index contributed by atoms with van der Waals surface area (Å²) in [4.78, 5) is 25.3. The quantitative estimate of drug-likeness (QED) is 0.455. The van der Waals surface area contributed by atoms with Gasteiger partial charge in [0.05, 0.1) is 22.7 Å². The molecule has 0 saturated carbocycles. The van der Waals surface area contributed by atoms with Crippen molar-refractivity contribution in [1.29, 1.82) is 5.26 Å². The Morgan fingerprint density at radius 2 is 1.94 bits per heavy atom. The number of anilines is 1. The highest BCUT2D eigenvalue weighted by Gasteiger charge is 2.20. The van der Waals surface area contributed by atoms with Gasteiger partial charge in [0, 0.05) is 23.5 Å². The molecule has 8 heteroatoms. The number of nitriles is 1. The predicted molar refractivity (Wildman–Crippen MR) is 119 cm³/mol. The van der Waals surface area contributed by atoms with Crippen molar-refractivity contribution < 1.29 is 4.42 Å². The largest absolute Gasteiger partial charge is 0.455 e. The van der Waals surface area contributed by atoms with Crippen molar-refractivity contribution in [2.24, 2.45) is 0 Å². The maximum atomic E-state index is 13.2. The molecule has 0 fully saturated rings. The van der Waals surface area contributed by atoms with E-state index in [9.17, 15) is 10.1 Å². The van der Waals surface area contributed by atoms with Crippen molar-refractivity contribution in [2.45, 2.75) is 26.8 Å². The van der Waals surface area contributed by atoms with Crippen LogP contribution in [0.4, 0.5) is 5.69 Å². The Kier molecular flexibility index (Phi) is 5.40. The third-order valence-electron chi connectivity index (χ3n) is 5.02. The van der Waals surface area contributed by atoms with Crippen LogP contribution in [0.2, 0.25) is 5.15 Å². The van der Waals surface area contributed by atoms with Gasteiger partial charge in [-0.25, -0.2) is 15.0 Å². The molecule has 0 bridgehead atoms. The second kappa shape index (κ2) is 8.17. The summed E-state index contributed by atoms with van der Waals surface area (Å²) in [5.74, 6) is 0.432. The molecule has 0 unspecified atom stereocenters. The normalized spacial score (nSPS) is 11.8. The van der Waals surface area contributed by atoms with Crippen molar-refractivity contribution in [3.63, 3.8) is 0 Å². The van der Waals surface area contributed by atoms with Gasteiger partial charge in [0.1, 0.15) is 28.9 Å². The lowest BCUT2D eigenvalue weighted by molar-refractivity contribution is 0.605. The third kappa shape index (κ3) is 3.86. The molecule has 0 aliphatic heterocycles. The summed E-state index contributed by atoms with van der Waals surface area (Å²) in [5, 5.41) is 13.4. The predicted octanol–water partition coefficient (Wildman–Crippen LogP) is 4.96. The van der Waals surface area contributed by atoms with Crippen LogP contribution in [0.1, 0.15) is 35.3 Å². The fraction of sp³-hybridized carbons (Fsp3) is 0.174. The average Bonchev–Trinajstić information content (AvgIpc) is 2.77. The van der Waals surface area contributed by atoms with Crippen LogP contribution in [-0.4, -0.2) is 15.0 Å². The number of nitrogens with zero attached hydrogens (tertiary/aromatic N) is 4. The molecular formula is C23H18ClN5O2. The standard InChI is InChI=1S/C23H18ClN5O2/c1-12-6-16(14(3)28-18-4-5-20(24)29-19(18)8-25)23-17(7-12)21(30)13(2)22(31-23)15-9-26-11-27-10-15/h4-7,9-11,14,28H,1-3H3/t14-/m1/s1. The topological polar surface area (TPSA) is 105 Å². The zero-order valence-corrected chi connectivity index (χ0v) is 17.9. The van der Waals surface area contributed by atoms with E-state index in [1.165, 1.54) is 6.33 Å². The van der Waals surface area contributed by atoms with Crippen LogP contribution < -0.4 is 10.7 Å². The number of nitrogens with one attached hydrogen (secondary N) is 1. The average molecular weight is 432 g/mol. The number of benzene rings is 1. The number of aromatic nitrogens is 3. The summed E-state index contributed by atoms with van der Waals surface area (Å²) >= 11 is 5.91. The van der Waals surface area contributed by atoms with Gasteiger partial charge in [0.25, 0.3) is 0 Å². The van der Waals surface area contributed by atoms with E-state index in [0.717, 1.165) is 11.1 Å². The molecule has 1 aromatic carbocycles. The maximum Gasteiger partial charge on any atom is 0.196 e. The van der Waals surface area contributed by atoms with Gasteiger partial charge in [-0.2, -0.15) is 5.26 Å². The Morgan fingerprint density at radius 1 is 1.19 bits per heavy atom. The SMILES string of the molecule is Cc1cc([C@@H](C)Nc2ccc(Cl)nc2C#N)c2oc(-c3cncnc3)c(C)c(=O)c2c1. The van der Waals surface area contributed by atoms with Crippen LogP contribution in [0.25, 0.3) is 22.3 Å². The summed E-state index contributed by atoms with van der Waals surface area (Å²) in [5.41, 5.74) is 3.92. The van der Waals surface area contributed by atoms with E-state index < -0.39 is 0 Å². The number of halogens is 1. The Morgan fingerprint density at radius 3 is 2.65 bits per heavy atom. The van der Waals surface area contributed by atoms with Gasteiger partial charge in [-0.05, 0) is 44.5 Å². The number of fused-ring (bicyclic) bond motifs is 1. The van der Waals surface area contributed by atoms with Crippen molar-refractivity contribution in [2.75, 3.05) is 5.32 Å². The zero-order valence-electron chi connectivity index (χ0n) is 17.1. The zero-order chi connectivity index (χ0) is 22.1. The number of aryl methyl sites for hydroxylation is 1. The molecule has 3 aromatic heterocycles. The minimum absolute atomic E-state index is 0.108. The lowest BCUT2D eigenvalue weighted by atomic mass is 9.99. The van der Waals surface area contributed by atoms with Crippen LogP contribution in [0.15, 0.2) is 52.2 Å². The highest BCUT2D eigenvalue weighted by Crippen LogP contribution is 2.32. The molecule has 0 saturated heterocycles. The van der Waals surface area contributed by atoms with Crippen LogP contribution in [0.3, 0.4) is 0 Å². The Labute approximate surface area is 183 Å². The van der Waals surface area contributed by atoms with E-state index in [-0.39, 0.29) is 22.3 Å². The molecule has 154 valence electrons. The smallest absolute Gasteiger partial charge is 0.196 e. The molecular weight excluding hydrogens is 414 g/mol. The Balaban J connectivity index is 1.89. The second-order valence-electron chi connectivity index (χ2n) is 7.25. The first-order valence-corrected chi connectivity index (χ1v) is 9.93. The lowest BCUT2D eigenvalue weighted by Crippen LogP contribution is -2.13. The van der Waals surface area contributed by atoms with E-state index in [0.29, 0.717) is 33.5 Å².